The van der Waals surface area contributed by atoms with Crippen molar-refractivity contribution in [2.75, 3.05) is 0 Å². The molecule has 1 aliphatic carbocycles. The summed E-state index contributed by atoms with van der Waals surface area (Å²) in [5, 5.41) is 0. The Balaban J connectivity index is 1.63. The van der Waals surface area contributed by atoms with E-state index in [0.717, 1.165) is 24.8 Å². The van der Waals surface area contributed by atoms with Gasteiger partial charge in [0.2, 0.25) is 0 Å². The van der Waals surface area contributed by atoms with Crippen molar-refractivity contribution in [1.82, 2.24) is 0 Å². The third-order valence-corrected chi connectivity index (χ3v) is 4.82. The second-order valence-electron chi connectivity index (χ2n) is 6.52. The summed E-state index contributed by atoms with van der Waals surface area (Å²) < 4.78 is 0. The summed E-state index contributed by atoms with van der Waals surface area (Å²) in [6.07, 6.45) is 14.0. The van der Waals surface area contributed by atoms with Crippen molar-refractivity contribution in [3.8, 4) is 0 Å². The molecule has 0 radical (unpaired) electrons. The first-order valence-electron chi connectivity index (χ1n) is 8.95. The number of fused-ring (bicyclic) bond motifs is 1. The summed E-state index contributed by atoms with van der Waals surface area (Å²) in [5.41, 5.74) is 2.25. The Morgan fingerprint density at radius 2 is 1.62 bits per heavy atom. The fourth-order valence-electron chi connectivity index (χ4n) is 3.46. The summed E-state index contributed by atoms with van der Waals surface area (Å²) in [7, 11) is 0. The number of benzene rings is 1. The average molecular weight is 286 g/mol. The van der Waals surface area contributed by atoms with Gasteiger partial charge < -0.3 is 0 Å². The Labute approximate surface area is 130 Å². The van der Waals surface area contributed by atoms with E-state index in [1.54, 1.807) is 0 Å². The van der Waals surface area contributed by atoms with Gasteiger partial charge in [0.15, 0.2) is 5.78 Å². The lowest BCUT2D eigenvalue weighted by Gasteiger charge is -2.23. The first-order chi connectivity index (χ1) is 10.3. The van der Waals surface area contributed by atoms with E-state index in [1.807, 2.05) is 18.2 Å². The highest BCUT2D eigenvalue weighted by Gasteiger charge is 2.26. The molecule has 0 aliphatic heterocycles. The topological polar surface area (TPSA) is 17.1 Å². The van der Waals surface area contributed by atoms with E-state index < -0.39 is 0 Å². The van der Waals surface area contributed by atoms with Gasteiger partial charge in [0.25, 0.3) is 0 Å². The molecule has 0 amide bonds. The van der Waals surface area contributed by atoms with Crippen molar-refractivity contribution in [3.63, 3.8) is 0 Å². The van der Waals surface area contributed by atoms with Gasteiger partial charge in [0.05, 0.1) is 0 Å². The molecule has 0 saturated heterocycles. The summed E-state index contributed by atoms with van der Waals surface area (Å²) in [6, 6.07) is 8.16. The first-order valence-corrected chi connectivity index (χ1v) is 8.95. The molecular formula is C20H30O. The van der Waals surface area contributed by atoms with Gasteiger partial charge in [0, 0.05) is 11.5 Å². The second-order valence-corrected chi connectivity index (χ2v) is 6.52. The van der Waals surface area contributed by atoms with Gasteiger partial charge in [-0.05, 0) is 24.8 Å². The summed E-state index contributed by atoms with van der Waals surface area (Å²) in [6.45, 7) is 2.26. The molecule has 0 fully saturated rings. The van der Waals surface area contributed by atoms with Gasteiger partial charge >= 0.3 is 0 Å². The number of hydrogen-bond donors (Lipinski definition) is 0. The maximum atomic E-state index is 12.5. The van der Waals surface area contributed by atoms with Crippen LogP contribution in [0.15, 0.2) is 24.3 Å². The monoisotopic (exact) mass is 286 g/mol. The largest absolute Gasteiger partial charge is 0.294 e. The highest BCUT2D eigenvalue weighted by Crippen LogP contribution is 2.28. The van der Waals surface area contributed by atoms with E-state index >= 15 is 0 Å². The minimum absolute atomic E-state index is 0.292. The Morgan fingerprint density at radius 1 is 0.952 bits per heavy atom. The number of rotatable bonds is 9. The SMILES string of the molecule is CCCCCCCCCCC1CCc2ccccc2C1=O. The van der Waals surface area contributed by atoms with Crippen LogP contribution in [0.4, 0.5) is 0 Å². The van der Waals surface area contributed by atoms with Crippen LogP contribution in [0.3, 0.4) is 0 Å². The lowest BCUT2D eigenvalue weighted by Crippen LogP contribution is -2.22. The minimum atomic E-state index is 0.292. The zero-order chi connectivity index (χ0) is 14.9. The highest BCUT2D eigenvalue weighted by molar-refractivity contribution is 6.00. The standard InChI is InChI=1S/C20H30O/c1-2-3-4-5-6-7-8-9-13-18-16-15-17-12-10-11-14-19(17)20(18)21/h10-12,14,18H,2-9,13,15-16H2,1H3. The van der Waals surface area contributed by atoms with Crippen molar-refractivity contribution in [3.05, 3.63) is 35.4 Å². The van der Waals surface area contributed by atoms with Crippen LogP contribution >= 0.6 is 0 Å². The van der Waals surface area contributed by atoms with Crippen LogP contribution in [-0.2, 0) is 6.42 Å². The molecule has 0 bridgehead atoms. The Hall–Kier alpha value is -1.11. The van der Waals surface area contributed by atoms with Gasteiger partial charge in [-0.2, -0.15) is 0 Å². The molecule has 21 heavy (non-hydrogen) atoms. The minimum Gasteiger partial charge on any atom is -0.294 e. The fourth-order valence-corrected chi connectivity index (χ4v) is 3.46. The average Bonchev–Trinajstić information content (AvgIpc) is 2.52. The van der Waals surface area contributed by atoms with Gasteiger partial charge in [-0.1, -0.05) is 82.6 Å². The van der Waals surface area contributed by atoms with E-state index in [4.69, 9.17) is 0 Å². The van der Waals surface area contributed by atoms with Gasteiger partial charge in [-0.15, -0.1) is 0 Å². The van der Waals surface area contributed by atoms with Crippen molar-refractivity contribution in [1.29, 1.82) is 0 Å². The van der Waals surface area contributed by atoms with Crippen molar-refractivity contribution in [2.45, 2.75) is 77.6 Å². The normalized spacial score (nSPS) is 17.8. The molecule has 0 spiro atoms. The van der Waals surface area contributed by atoms with E-state index in [9.17, 15) is 4.79 Å². The summed E-state index contributed by atoms with van der Waals surface area (Å²) >= 11 is 0. The molecule has 1 aliphatic rings. The maximum absolute atomic E-state index is 12.5. The van der Waals surface area contributed by atoms with E-state index in [1.165, 1.54) is 56.9 Å². The number of carbonyl (C=O) groups excluding carboxylic acids is 1. The van der Waals surface area contributed by atoms with Gasteiger partial charge in [-0.25, -0.2) is 0 Å². The smallest absolute Gasteiger partial charge is 0.166 e. The molecule has 116 valence electrons. The third-order valence-electron chi connectivity index (χ3n) is 4.82. The molecule has 1 unspecified atom stereocenters. The molecule has 1 aromatic rings. The zero-order valence-corrected chi connectivity index (χ0v) is 13.6. The zero-order valence-electron chi connectivity index (χ0n) is 13.6. The lowest BCUT2D eigenvalue weighted by molar-refractivity contribution is 0.0892. The molecule has 1 aromatic carbocycles. The summed E-state index contributed by atoms with van der Waals surface area (Å²) in [4.78, 5) is 12.5. The summed E-state index contributed by atoms with van der Waals surface area (Å²) in [5.74, 6) is 0.694. The van der Waals surface area contributed by atoms with E-state index in [2.05, 4.69) is 13.0 Å². The Kier molecular flexibility index (Phi) is 6.99. The van der Waals surface area contributed by atoms with Crippen LogP contribution < -0.4 is 0 Å². The van der Waals surface area contributed by atoms with Gasteiger partial charge in [0.1, 0.15) is 0 Å². The number of hydrogen-bond acceptors (Lipinski definition) is 1. The lowest BCUT2D eigenvalue weighted by atomic mass is 9.80. The van der Waals surface area contributed by atoms with Crippen molar-refractivity contribution >= 4 is 5.78 Å². The molecule has 1 nitrogen and oxygen atoms in total. The molecule has 1 atom stereocenters. The van der Waals surface area contributed by atoms with Crippen LogP contribution in [-0.4, -0.2) is 5.78 Å². The molecule has 1 heteroatoms. The molecule has 0 heterocycles. The highest BCUT2D eigenvalue weighted by atomic mass is 16.1. The Bertz CT molecular complexity index is 435. The third kappa shape index (κ3) is 4.98. The molecule has 2 rings (SSSR count). The number of aryl methyl sites for hydroxylation is 1. The van der Waals surface area contributed by atoms with Crippen LogP contribution in [0, 0.1) is 5.92 Å². The predicted octanol–water partition coefficient (Wildman–Crippen LogP) is 5.96. The van der Waals surface area contributed by atoms with E-state index in [-0.39, 0.29) is 0 Å². The van der Waals surface area contributed by atoms with Crippen molar-refractivity contribution in [2.24, 2.45) is 5.92 Å². The quantitative estimate of drug-likeness (QED) is 0.512. The number of Topliss-reactive ketones (excluding diaryl/α,β-unsaturated/α-hetero) is 1. The fraction of sp³-hybridized carbons (Fsp3) is 0.650. The van der Waals surface area contributed by atoms with Crippen LogP contribution in [0.1, 0.15) is 87.1 Å². The number of unbranched alkanes of at least 4 members (excludes halogenated alkanes) is 7. The Morgan fingerprint density at radius 3 is 2.38 bits per heavy atom. The molecule has 0 saturated carbocycles. The second kappa shape index (κ2) is 9.02. The van der Waals surface area contributed by atoms with Crippen LogP contribution in [0.25, 0.3) is 0 Å². The molecule has 0 aromatic heterocycles. The number of carbonyl (C=O) groups is 1. The number of ketones is 1. The maximum Gasteiger partial charge on any atom is 0.166 e. The van der Waals surface area contributed by atoms with Crippen LogP contribution in [0.5, 0.6) is 0 Å². The van der Waals surface area contributed by atoms with Crippen molar-refractivity contribution < 1.29 is 4.79 Å². The molecule has 0 N–H and O–H groups in total. The first kappa shape index (κ1) is 16.3. The predicted molar refractivity (Wildman–Crippen MR) is 89.8 cm³/mol. The molecular weight excluding hydrogens is 256 g/mol. The van der Waals surface area contributed by atoms with E-state index in [0.29, 0.717) is 11.7 Å². The van der Waals surface area contributed by atoms with Gasteiger partial charge in [-0.3, -0.25) is 4.79 Å². The van der Waals surface area contributed by atoms with Crippen LogP contribution in [0.2, 0.25) is 0 Å².